The molecule has 9 nitrogen and oxygen atoms in total. The van der Waals surface area contributed by atoms with Crippen LogP contribution in [0.15, 0.2) is 30.7 Å². The number of pyridine rings is 1. The van der Waals surface area contributed by atoms with E-state index < -0.39 is 5.41 Å². The van der Waals surface area contributed by atoms with Crippen molar-refractivity contribution in [2.45, 2.75) is 18.3 Å². The lowest BCUT2D eigenvalue weighted by molar-refractivity contribution is -0.121. The number of amides is 1. The summed E-state index contributed by atoms with van der Waals surface area (Å²) >= 11 is 0. The van der Waals surface area contributed by atoms with Gasteiger partial charge in [-0.25, -0.2) is 9.97 Å². The number of nitrogens with zero attached hydrogens (tertiary/aromatic N) is 4. The number of fused-ring (bicyclic) bond motifs is 3. The maximum Gasteiger partial charge on any atom is 0.238 e. The Morgan fingerprint density at radius 1 is 1.10 bits per heavy atom. The Morgan fingerprint density at radius 2 is 1.94 bits per heavy atom. The van der Waals surface area contributed by atoms with Crippen molar-refractivity contribution < 1.29 is 19.0 Å². The van der Waals surface area contributed by atoms with Crippen molar-refractivity contribution in [3.8, 4) is 17.2 Å². The van der Waals surface area contributed by atoms with E-state index in [-0.39, 0.29) is 5.91 Å². The monoisotopic (exact) mass is 421 g/mol. The summed E-state index contributed by atoms with van der Waals surface area (Å²) in [5.74, 6) is 2.20. The van der Waals surface area contributed by atoms with Gasteiger partial charge in [-0.2, -0.15) is 0 Å². The Labute approximate surface area is 179 Å². The van der Waals surface area contributed by atoms with Crippen molar-refractivity contribution in [3.63, 3.8) is 0 Å². The molecule has 2 aliphatic heterocycles. The highest BCUT2D eigenvalue weighted by atomic mass is 16.5. The first-order valence-electron chi connectivity index (χ1n) is 10.1. The van der Waals surface area contributed by atoms with Crippen LogP contribution in [0, 0.1) is 0 Å². The molecule has 1 saturated heterocycles. The summed E-state index contributed by atoms with van der Waals surface area (Å²) in [4.78, 5) is 28.8. The number of methoxy groups -OCH3 is 3. The normalized spacial score (nSPS) is 20.0. The molecule has 2 aliphatic rings. The molecule has 3 aromatic rings. The zero-order valence-corrected chi connectivity index (χ0v) is 17.6. The third kappa shape index (κ3) is 2.76. The number of rotatable bonds is 4. The van der Waals surface area contributed by atoms with E-state index in [1.807, 2.05) is 18.2 Å². The van der Waals surface area contributed by atoms with Crippen molar-refractivity contribution in [2.75, 3.05) is 44.6 Å². The minimum Gasteiger partial charge on any atom is -0.493 e. The van der Waals surface area contributed by atoms with E-state index in [1.54, 1.807) is 27.5 Å². The fourth-order valence-corrected chi connectivity index (χ4v) is 4.75. The molecule has 5 rings (SSSR count). The van der Waals surface area contributed by atoms with Crippen LogP contribution in [0.2, 0.25) is 0 Å². The molecular formula is C22H23N5O4. The molecule has 160 valence electrons. The molecule has 2 aromatic heterocycles. The molecule has 1 spiro atoms. The van der Waals surface area contributed by atoms with Gasteiger partial charge in [-0.1, -0.05) is 0 Å². The summed E-state index contributed by atoms with van der Waals surface area (Å²) < 4.78 is 16.6. The fourth-order valence-electron chi connectivity index (χ4n) is 4.75. The standard InChI is InChI=1S/C22H23N5O4/c1-29-15-10-13-16(18(31-3)17(15)30-2)24-12-25-20(13)27-9-5-7-22(11-27)19-14(26-21(22)28)6-4-8-23-19/h4,6,8,10,12H,5,7,9,11H2,1-3H3,(H,26,28). The number of hydrogen-bond acceptors (Lipinski definition) is 8. The van der Waals surface area contributed by atoms with Crippen LogP contribution in [0.4, 0.5) is 11.5 Å². The number of benzene rings is 1. The van der Waals surface area contributed by atoms with Gasteiger partial charge >= 0.3 is 0 Å². The number of ether oxygens (including phenoxy) is 3. The van der Waals surface area contributed by atoms with Gasteiger partial charge in [0.2, 0.25) is 11.7 Å². The van der Waals surface area contributed by atoms with E-state index in [0.717, 1.165) is 42.0 Å². The van der Waals surface area contributed by atoms with E-state index in [4.69, 9.17) is 14.2 Å². The molecule has 0 saturated carbocycles. The van der Waals surface area contributed by atoms with Crippen LogP contribution in [0.25, 0.3) is 10.9 Å². The van der Waals surface area contributed by atoms with Gasteiger partial charge in [0.1, 0.15) is 23.1 Å². The molecule has 0 aliphatic carbocycles. The molecule has 1 aromatic carbocycles. The molecule has 4 heterocycles. The number of nitrogens with one attached hydrogen (secondary N) is 1. The average Bonchev–Trinajstić information content (AvgIpc) is 3.07. The Kier molecular flexibility index (Phi) is 4.53. The number of aromatic nitrogens is 3. The van der Waals surface area contributed by atoms with Gasteiger partial charge in [-0.3, -0.25) is 9.78 Å². The number of hydrogen-bond donors (Lipinski definition) is 1. The number of carbonyl (C=O) groups excluding carboxylic acids is 1. The first-order chi connectivity index (χ1) is 15.1. The van der Waals surface area contributed by atoms with Gasteiger partial charge in [0.25, 0.3) is 0 Å². The zero-order chi connectivity index (χ0) is 21.6. The molecule has 1 amide bonds. The Morgan fingerprint density at radius 3 is 2.71 bits per heavy atom. The zero-order valence-electron chi connectivity index (χ0n) is 17.6. The lowest BCUT2D eigenvalue weighted by Gasteiger charge is -2.39. The van der Waals surface area contributed by atoms with Crippen molar-refractivity contribution in [1.82, 2.24) is 15.0 Å². The Hall–Kier alpha value is -3.62. The Balaban J connectivity index is 1.64. The first-order valence-corrected chi connectivity index (χ1v) is 10.1. The van der Waals surface area contributed by atoms with E-state index in [9.17, 15) is 4.79 Å². The maximum atomic E-state index is 13.1. The van der Waals surface area contributed by atoms with Crippen LogP contribution in [-0.4, -0.2) is 55.3 Å². The summed E-state index contributed by atoms with van der Waals surface area (Å²) in [6.45, 7) is 1.24. The van der Waals surface area contributed by atoms with Crippen molar-refractivity contribution in [3.05, 3.63) is 36.4 Å². The number of carbonyl (C=O) groups is 1. The number of anilines is 2. The van der Waals surface area contributed by atoms with Crippen LogP contribution in [-0.2, 0) is 10.2 Å². The lowest BCUT2D eigenvalue weighted by atomic mass is 9.77. The van der Waals surface area contributed by atoms with Gasteiger partial charge in [0.05, 0.1) is 38.1 Å². The van der Waals surface area contributed by atoms with Crippen molar-refractivity contribution in [1.29, 1.82) is 0 Å². The van der Waals surface area contributed by atoms with Crippen LogP contribution in [0.1, 0.15) is 18.5 Å². The SMILES string of the molecule is COc1cc2c(N3CCCC4(C3)C(=O)Nc3cccnc34)ncnc2c(OC)c1OC. The van der Waals surface area contributed by atoms with Crippen LogP contribution in [0.5, 0.6) is 17.2 Å². The van der Waals surface area contributed by atoms with Gasteiger partial charge in [0.15, 0.2) is 11.5 Å². The topological polar surface area (TPSA) is 98.7 Å². The average molecular weight is 421 g/mol. The smallest absolute Gasteiger partial charge is 0.238 e. The van der Waals surface area contributed by atoms with Gasteiger partial charge in [-0.15, -0.1) is 0 Å². The summed E-state index contributed by atoms with van der Waals surface area (Å²) in [6, 6.07) is 5.59. The van der Waals surface area contributed by atoms with Gasteiger partial charge < -0.3 is 24.4 Å². The minimum atomic E-state index is -0.702. The highest BCUT2D eigenvalue weighted by Gasteiger charge is 2.50. The van der Waals surface area contributed by atoms with Crippen LogP contribution in [0.3, 0.4) is 0 Å². The second kappa shape index (κ2) is 7.26. The van der Waals surface area contributed by atoms with E-state index in [0.29, 0.717) is 29.3 Å². The third-order valence-electron chi connectivity index (χ3n) is 6.15. The van der Waals surface area contributed by atoms with Gasteiger partial charge in [0, 0.05) is 19.3 Å². The van der Waals surface area contributed by atoms with Crippen molar-refractivity contribution >= 4 is 28.3 Å². The minimum absolute atomic E-state index is 0.0129. The molecule has 31 heavy (non-hydrogen) atoms. The van der Waals surface area contributed by atoms with Gasteiger partial charge in [-0.05, 0) is 31.0 Å². The summed E-state index contributed by atoms with van der Waals surface area (Å²) in [6.07, 6.45) is 4.82. The number of piperidine rings is 1. The first kappa shape index (κ1) is 19.3. The fraction of sp³-hybridized carbons (Fsp3) is 0.364. The predicted octanol–water partition coefficient (Wildman–Crippen LogP) is 2.54. The molecule has 0 radical (unpaired) electrons. The second-order valence-corrected chi connectivity index (χ2v) is 7.70. The molecule has 9 heteroatoms. The molecule has 1 N–H and O–H groups in total. The highest BCUT2D eigenvalue weighted by molar-refractivity contribution is 6.06. The molecule has 1 atom stereocenters. The maximum absolute atomic E-state index is 13.1. The Bertz CT molecular complexity index is 1180. The molecule has 0 bridgehead atoms. The molecule has 1 unspecified atom stereocenters. The largest absolute Gasteiger partial charge is 0.493 e. The highest BCUT2D eigenvalue weighted by Crippen LogP contribution is 2.47. The third-order valence-corrected chi connectivity index (χ3v) is 6.15. The predicted molar refractivity (Wildman–Crippen MR) is 115 cm³/mol. The van der Waals surface area contributed by atoms with Crippen molar-refractivity contribution in [2.24, 2.45) is 0 Å². The summed E-state index contributed by atoms with van der Waals surface area (Å²) in [7, 11) is 4.71. The van der Waals surface area contributed by atoms with Crippen LogP contribution < -0.4 is 24.4 Å². The lowest BCUT2D eigenvalue weighted by Crippen LogP contribution is -2.50. The van der Waals surface area contributed by atoms with E-state index in [2.05, 4.69) is 25.2 Å². The van der Waals surface area contributed by atoms with E-state index >= 15 is 0 Å². The molecule has 1 fully saturated rings. The van der Waals surface area contributed by atoms with Crippen LogP contribution >= 0.6 is 0 Å². The second-order valence-electron chi connectivity index (χ2n) is 7.70. The quantitative estimate of drug-likeness (QED) is 0.686. The summed E-state index contributed by atoms with van der Waals surface area (Å²) in [5.41, 5.74) is 1.52. The molecular weight excluding hydrogens is 398 g/mol. The summed E-state index contributed by atoms with van der Waals surface area (Å²) in [5, 5.41) is 3.77. The van der Waals surface area contributed by atoms with E-state index in [1.165, 1.54) is 6.33 Å².